The molecule has 0 fully saturated rings. The van der Waals surface area contributed by atoms with E-state index in [1.807, 2.05) is 38.1 Å². The van der Waals surface area contributed by atoms with Crippen molar-refractivity contribution in [2.75, 3.05) is 21.3 Å². The Kier molecular flexibility index (Phi) is 6.93. The standard InChI is InChI=1S/C21H27NO5/c1-13-7-8-14(2)18(11-13)27-15(3)21(23)22-12-16-9-10-17(24-4)20(26-6)19(16)25-5/h7-11,15H,12H2,1-6H3,(H,22,23)/t15-/m0/s1. The number of aryl methyl sites for hydroxylation is 2. The highest BCUT2D eigenvalue weighted by Crippen LogP contribution is 2.39. The lowest BCUT2D eigenvalue weighted by atomic mass is 10.1. The summed E-state index contributed by atoms with van der Waals surface area (Å²) in [6.07, 6.45) is -0.628. The summed E-state index contributed by atoms with van der Waals surface area (Å²) in [5.74, 6) is 2.08. The summed E-state index contributed by atoms with van der Waals surface area (Å²) in [6, 6.07) is 9.52. The van der Waals surface area contributed by atoms with E-state index in [1.54, 1.807) is 34.3 Å². The molecular weight excluding hydrogens is 346 g/mol. The molecule has 0 saturated heterocycles. The summed E-state index contributed by atoms with van der Waals surface area (Å²) in [5.41, 5.74) is 2.85. The van der Waals surface area contributed by atoms with Crippen molar-refractivity contribution in [2.24, 2.45) is 0 Å². The first-order valence-electron chi connectivity index (χ1n) is 8.70. The van der Waals surface area contributed by atoms with Gasteiger partial charge in [0.25, 0.3) is 5.91 Å². The van der Waals surface area contributed by atoms with Gasteiger partial charge in [0.05, 0.1) is 21.3 Å². The molecule has 27 heavy (non-hydrogen) atoms. The molecule has 6 nitrogen and oxygen atoms in total. The number of carbonyl (C=O) groups excluding carboxylic acids is 1. The van der Waals surface area contributed by atoms with E-state index >= 15 is 0 Å². The van der Waals surface area contributed by atoms with Crippen molar-refractivity contribution in [3.63, 3.8) is 0 Å². The number of nitrogens with one attached hydrogen (secondary N) is 1. The van der Waals surface area contributed by atoms with E-state index in [0.29, 0.717) is 23.0 Å². The number of methoxy groups -OCH3 is 3. The third-order valence-corrected chi connectivity index (χ3v) is 4.26. The Balaban J connectivity index is 2.07. The van der Waals surface area contributed by atoms with Crippen molar-refractivity contribution >= 4 is 5.91 Å². The molecule has 0 unspecified atom stereocenters. The quantitative estimate of drug-likeness (QED) is 0.768. The molecule has 0 bridgehead atoms. The van der Waals surface area contributed by atoms with Gasteiger partial charge in [-0.3, -0.25) is 4.79 Å². The summed E-state index contributed by atoms with van der Waals surface area (Å²) in [5, 5.41) is 2.88. The van der Waals surface area contributed by atoms with Gasteiger partial charge >= 0.3 is 0 Å². The van der Waals surface area contributed by atoms with Crippen LogP contribution in [0, 0.1) is 13.8 Å². The van der Waals surface area contributed by atoms with Gasteiger partial charge in [-0.2, -0.15) is 0 Å². The Morgan fingerprint density at radius 1 is 0.963 bits per heavy atom. The van der Waals surface area contributed by atoms with Gasteiger partial charge in [0, 0.05) is 12.1 Å². The van der Waals surface area contributed by atoms with Gasteiger partial charge < -0.3 is 24.3 Å². The number of benzene rings is 2. The van der Waals surface area contributed by atoms with Crippen LogP contribution < -0.4 is 24.3 Å². The van der Waals surface area contributed by atoms with Crippen LogP contribution in [0.15, 0.2) is 30.3 Å². The third-order valence-electron chi connectivity index (χ3n) is 4.26. The molecule has 1 amide bonds. The summed E-state index contributed by atoms with van der Waals surface area (Å²) < 4.78 is 21.9. The zero-order valence-electron chi connectivity index (χ0n) is 16.7. The molecule has 0 heterocycles. The second kappa shape index (κ2) is 9.16. The fourth-order valence-corrected chi connectivity index (χ4v) is 2.71. The van der Waals surface area contributed by atoms with Crippen LogP contribution >= 0.6 is 0 Å². The molecule has 1 N–H and O–H groups in total. The molecule has 2 aromatic carbocycles. The van der Waals surface area contributed by atoms with Crippen molar-refractivity contribution in [2.45, 2.75) is 33.4 Å². The van der Waals surface area contributed by atoms with E-state index in [9.17, 15) is 4.79 Å². The Morgan fingerprint density at radius 2 is 1.67 bits per heavy atom. The zero-order chi connectivity index (χ0) is 20.0. The van der Waals surface area contributed by atoms with Crippen LogP contribution in [0.25, 0.3) is 0 Å². The SMILES string of the molecule is COc1ccc(CNC(=O)[C@H](C)Oc2cc(C)ccc2C)c(OC)c1OC. The Bertz CT molecular complexity index is 803. The lowest BCUT2D eigenvalue weighted by Crippen LogP contribution is -2.36. The number of rotatable bonds is 8. The van der Waals surface area contributed by atoms with Crippen molar-refractivity contribution in [3.05, 3.63) is 47.0 Å². The summed E-state index contributed by atoms with van der Waals surface area (Å²) in [6.45, 7) is 5.94. The minimum absolute atomic E-state index is 0.215. The molecular formula is C21H27NO5. The summed E-state index contributed by atoms with van der Waals surface area (Å²) in [4.78, 5) is 12.5. The number of amides is 1. The van der Waals surface area contributed by atoms with E-state index in [0.717, 1.165) is 16.7 Å². The monoisotopic (exact) mass is 373 g/mol. The minimum Gasteiger partial charge on any atom is -0.493 e. The van der Waals surface area contributed by atoms with Crippen LogP contribution in [-0.4, -0.2) is 33.3 Å². The van der Waals surface area contributed by atoms with Gasteiger partial charge in [-0.25, -0.2) is 0 Å². The van der Waals surface area contributed by atoms with Crippen molar-refractivity contribution < 1.29 is 23.7 Å². The predicted molar refractivity (Wildman–Crippen MR) is 104 cm³/mol. The van der Waals surface area contributed by atoms with Gasteiger partial charge in [-0.05, 0) is 50.1 Å². The fourth-order valence-electron chi connectivity index (χ4n) is 2.71. The molecule has 2 aromatic rings. The van der Waals surface area contributed by atoms with Crippen LogP contribution in [-0.2, 0) is 11.3 Å². The first-order valence-corrected chi connectivity index (χ1v) is 8.70. The normalized spacial score (nSPS) is 11.5. The Hall–Kier alpha value is -2.89. The van der Waals surface area contributed by atoms with Crippen molar-refractivity contribution in [3.8, 4) is 23.0 Å². The minimum atomic E-state index is -0.628. The first kappa shape index (κ1) is 20.4. The van der Waals surface area contributed by atoms with Gasteiger partial charge in [0.15, 0.2) is 17.6 Å². The lowest BCUT2D eigenvalue weighted by Gasteiger charge is -2.18. The second-order valence-electron chi connectivity index (χ2n) is 6.24. The lowest BCUT2D eigenvalue weighted by molar-refractivity contribution is -0.127. The van der Waals surface area contributed by atoms with E-state index in [4.69, 9.17) is 18.9 Å². The topological polar surface area (TPSA) is 66.0 Å². The molecule has 0 saturated carbocycles. The van der Waals surface area contributed by atoms with Gasteiger partial charge in [-0.15, -0.1) is 0 Å². The smallest absolute Gasteiger partial charge is 0.261 e. The number of ether oxygens (including phenoxy) is 4. The van der Waals surface area contributed by atoms with Crippen LogP contribution in [0.5, 0.6) is 23.0 Å². The molecule has 0 aromatic heterocycles. The largest absolute Gasteiger partial charge is 0.493 e. The molecule has 2 rings (SSSR count). The van der Waals surface area contributed by atoms with E-state index in [2.05, 4.69) is 5.32 Å². The fraction of sp³-hybridized carbons (Fsp3) is 0.381. The Morgan fingerprint density at radius 3 is 2.30 bits per heavy atom. The molecule has 1 atom stereocenters. The molecule has 0 aliphatic rings. The zero-order valence-corrected chi connectivity index (χ0v) is 16.7. The maximum Gasteiger partial charge on any atom is 0.261 e. The highest BCUT2D eigenvalue weighted by atomic mass is 16.5. The molecule has 0 aliphatic heterocycles. The van der Waals surface area contributed by atoms with E-state index in [-0.39, 0.29) is 12.5 Å². The molecule has 0 radical (unpaired) electrons. The average molecular weight is 373 g/mol. The van der Waals surface area contributed by atoms with Crippen molar-refractivity contribution in [1.29, 1.82) is 0 Å². The molecule has 146 valence electrons. The molecule has 0 spiro atoms. The molecule has 6 heteroatoms. The number of hydrogen-bond acceptors (Lipinski definition) is 5. The van der Waals surface area contributed by atoms with Gasteiger partial charge in [-0.1, -0.05) is 12.1 Å². The second-order valence-corrected chi connectivity index (χ2v) is 6.24. The maximum atomic E-state index is 12.5. The van der Waals surface area contributed by atoms with Crippen LogP contribution in [0.4, 0.5) is 0 Å². The summed E-state index contributed by atoms with van der Waals surface area (Å²) >= 11 is 0. The van der Waals surface area contributed by atoms with Gasteiger partial charge in [0.1, 0.15) is 5.75 Å². The number of carbonyl (C=O) groups is 1. The highest BCUT2D eigenvalue weighted by Gasteiger charge is 2.19. The highest BCUT2D eigenvalue weighted by molar-refractivity contribution is 5.80. The summed E-state index contributed by atoms with van der Waals surface area (Å²) in [7, 11) is 4.66. The first-order chi connectivity index (χ1) is 12.9. The number of hydrogen-bond donors (Lipinski definition) is 1. The van der Waals surface area contributed by atoms with Crippen LogP contribution in [0.3, 0.4) is 0 Å². The maximum absolute atomic E-state index is 12.5. The van der Waals surface area contributed by atoms with Crippen LogP contribution in [0.1, 0.15) is 23.6 Å². The van der Waals surface area contributed by atoms with Crippen molar-refractivity contribution in [1.82, 2.24) is 5.32 Å². The molecule has 0 aliphatic carbocycles. The van der Waals surface area contributed by atoms with Crippen LogP contribution in [0.2, 0.25) is 0 Å². The Labute approximate surface area is 160 Å². The third kappa shape index (κ3) is 4.84. The van der Waals surface area contributed by atoms with E-state index in [1.165, 1.54) is 0 Å². The predicted octanol–water partition coefficient (Wildman–Crippen LogP) is 3.41. The van der Waals surface area contributed by atoms with E-state index < -0.39 is 6.10 Å². The average Bonchev–Trinajstić information content (AvgIpc) is 2.67. The van der Waals surface area contributed by atoms with Gasteiger partial charge in [0.2, 0.25) is 5.75 Å².